The summed E-state index contributed by atoms with van der Waals surface area (Å²) in [4.78, 5) is 0. The maximum absolute atomic E-state index is 5.68. The van der Waals surface area contributed by atoms with Gasteiger partial charge in [-0.15, -0.1) is 0 Å². The second kappa shape index (κ2) is 2.67. The molecule has 0 N–H and O–H groups in total. The van der Waals surface area contributed by atoms with Gasteiger partial charge in [0.05, 0.1) is 6.26 Å². The van der Waals surface area contributed by atoms with Crippen molar-refractivity contribution in [3.8, 4) is 0 Å². The predicted molar refractivity (Wildman–Crippen MR) is 35.6 cm³/mol. The van der Waals surface area contributed by atoms with Crippen LogP contribution in [0.15, 0.2) is 12.3 Å². The zero-order chi connectivity index (χ0) is 5.98. The van der Waals surface area contributed by atoms with Crippen LogP contribution in [0.4, 0.5) is 0 Å². The molecule has 1 aliphatic heterocycles. The molecule has 0 fully saturated rings. The molecule has 8 heavy (non-hydrogen) atoms. The van der Waals surface area contributed by atoms with E-state index in [-0.39, 0.29) is 0 Å². The molecule has 0 spiro atoms. The van der Waals surface area contributed by atoms with E-state index in [2.05, 4.69) is 0 Å². The molecule has 4 heteroatoms. The van der Waals surface area contributed by atoms with Crippen molar-refractivity contribution in [1.82, 2.24) is 4.67 Å². The number of halogens is 1. The maximum Gasteiger partial charge on any atom is 0.265 e. The lowest BCUT2D eigenvalue weighted by Crippen LogP contribution is -2.12. The first-order chi connectivity index (χ1) is 3.80. The second-order valence-electron chi connectivity index (χ2n) is 1.54. The zero-order valence-electron chi connectivity index (χ0n) is 4.54. The summed E-state index contributed by atoms with van der Waals surface area (Å²) in [6.45, 7) is 0.898. The van der Waals surface area contributed by atoms with Crippen LogP contribution in [0.1, 0.15) is 0 Å². The van der Waals surface area contributed by atoms with Crippen molar-refractivity contribution < 1.29 is 4.52 Å². The first kappa shape index (κ1) is 6.34. The van der Waals surface area contributed by atoms with Crippen LogP contribution in [0.5, 0.6) is 0 Å². The molecule has 0 bridgehead atoms. The molecule has 0 aliphatic carbocycles. The van der Waals surface area contributed by atoms with Crippen LogP contribution in [0.3, 0.4) is 0 Å². The molecule has 1 rings (SSSR count). The van der Waals surface area contributed by atoms with Gasteiger partial charge in [-0.2, -0.15) is 0 Å². The Balaban J connectivity index is 2.44. The number of nitrogens with zero attached hydrogens (tertiary/aromatic N) is 1. The van der Waals surface area contributed by atoms with Crippen LogP contribution in [-0.2, 0) is 4.52 Å². The summed E-state index contributed by atoms with van der Waals surface area (Å²) < 4.78 is 6.92. The summed E-state index contributed by atoms with van der Waals surface area (Å²) in [6, 6.07) is 0. The smallest absolute Gasteiger partial charge is 0.265 e. The van der Waals surface area contributed by atoms with Crippen LogP contribution in [0.25, 0.3) is 0 Å². The number of likely N-dealkylation sites (N-methyl/N-ethyl adjacent to an activating group) is 1. The second-order valence-corrected chi connectivity index (χ2v) is 3.76. The van der Waals surface area contributed by atoms with E-state index in [9.17, 15) is 0 Å². The van der Waals surface area contributed by atoms with E-state index < -0.39 is 7.65 Å². The Morgan fingerprint density at radius 2 is 2.62 bits per heavy atom. The first-order valence-corrected chi connectivity index (χ1v) is 4.41. The van der Waals surface area contributed by atoms with Gasteiger partial charge in [0.1, 0.15) is 0 Å². The quantitative estimate of drug-likeness (QED) is 0.491. The molecule has 0 saturated carbocycles. The topological polar surface area (TPSA) is 12.5 Å². The Morgan fingerprint density at radius 3 is 3.00 bits per heavy atom. The molecule has 0 radical (unpaired) electrons. The van der Waals surface area contributed by atoms with Crippen LogP contribution in [-0.4, -0.2) is 18.3 Å². The molecular weight excluding hydrogens is 144 g/mol. The third kappa shape index (κ3) is 1.35. The summed E-state index contributed by atoms with van der Waals surface area (Å²) in [6.07, 6.45) is 3.58. The fourth-order valence-electron chi connectivity index (χ4n) is 0.434. The normalized spacial score (nSPS) is 30.0. The SMILES string of the molecule is CN1CC=COP1Cl. The predicted octanol–water partition coefficient (Wildman–Crippen LogP) is 1.93. The minimum atomic E-state index is -0.834. The molecule has 0 aromatic heterocycles. The highest BCUT2D eigenvalue weighted by Gasteiger charge is 2.13. The fraction of sp³-hybridized carbons (Fsp3) is 0.500. The highest BCUT2D eigenvalue weighted by Crippen LogP contribution is 2.47. The molecule has 1 heterocycles. The molecular formula is C4H7ClNOP. The molecule has 2 nitrogen and oxygen atoms in total. The summed E-state index contributed by atoms with van der Waals surface area (Å²) in [5.74, 6) is 0. The van der Waals surface area contributed by atoms with Gasteiger partial charge >= 0.3 is 0 Å². The van der Waals surface area contributed by atoms with Crippen molar-refractivity contribution in [2.24, 2.45) is 0 Å². The molecule has 1 atom stereocenters. The van der Waals surface area contributed by atoms with Crippen molar-refractivity contribution in [3.05, 3.63) is 12.3 Å². The molecule has 0 saturated heterocycles. The minimum absolute atomic E-state index is 0.834. The summed E-state index contributed by atoms with van der Waals surface area (Å²) in [7, 11) is 1.10. The van der Waals surface area contributed by atoms with Gasteiger partial charge in [-0.1, -0.05) is 0 Å². The van der Waals surface area contributed by atoms with Gasteiger partial charge in [0.2, 0.25) is 0 Å². The van der Waals surface area contributed by atoms with Gasteiger partial charge in [0.15, 0.2) is 0 Å². The Kier molecular flexibility index (Phi) is 2.12. The van der Waals surface area contributed by atoms with Crippen molar-refractivity contribution in [2.45, 2.75) is 0 Å². The van der Waals surface area contributed by atoms with E-state index in [1.54, 1.807) is 6.26 Å². The van der Waals surface area contributed by atoms with Crippen LogP contribution in [0, 0.1) is 0 Å². The third-order valence-electron chi connectivity index (χ3n) is 0.882. The lowest BCUT2D eigenvalue weighted by Gasteiger charge is -2.21. The number of hydrogen-bond donors (Lipinski definition) is 0. The maximum atomic E-state index is 5.68. The van der Waals surface area contributed by atoms with Crippen molar-refractivity contribution >= 4 is 18.9 Å². The lowest BCUT2D eigenvalue weighted by molar-refractivity contribution is 0.445. The highest BCUT2D eigenvalue weighted by molar-refractivity contribution is 7.78. The van der Waals surface area contributed by atoms with Crippen molar-refractivity contribution in [2.75, 3.05) is 13.6 Å². The average Bonchev–Trinajstić information content (AvgIpc) is 1.77. The Hall–Kier alpha value is 0.220. The summed E-state index contributed by atoms with van der Waals surface area (Å²) in [5, 5.41) is 0. The average molecular weight is 152 g/mol. The molecule has 0 amide bonds. The standard InChI is InChI=1S/C4H7ClNOP/c1-6-3-2-4-7-8(6)5/h2,4H,3H2,1H3. The van der Waals surface area contributed by atoms with Gasteiger partial charge in [-0.25, -0.2) is 4.67 Å². The van der Waals surface area contributed by atoms with Crippen molar-refractivity contribution in [3.63, 3.8) is 0 Å². The molecule has 0 aromatic carbocycles. The summed E-state index contributed by atoms with van der Waals surface area (Å²) in [5.41, 5.74) is 0. The van der Waals surface area contributed by atoms with Gasteiger partial charge in [-0.3, -0.25) is 0 Å². The van der Waals surface area contributed by atoms with E-state index in [0.717, 1.165) is 6.54 Å². The molecule has 0 aromatic rings. The van der Waals surface area contributed by atoms with E-state index in [1.807, 2.05) is 17.8 Å². The number of hydrogen-bond acceptors (Lipinski definition) is 2. The van der Waals surface area contributed by atoms with Crippen molar-refractivity contribution in [1.29, 1.82) is 0 Å². The largest absolute Gasteiger partial charge is 0.453 e. The van der Waals surface area contributed by atoms with Gasteiger partial charge in [0.25, 0.3) is 7.65 Å². The monoisotopic (exact) mass is 151 g/mol. The third-order valence-corrected chi connectivity index (χ3v) is 2.89. The highest BCUT2D eigenvalue weighted by atomic mass is 35.7. The van der Waals surface area contributed by atoms with E-state index in [4.69, 9.17) is 15.8 Å². The fourth-order valence-corrected chi connectivity index (χ4v) is 1.33. The molecule has 46 valence electrons. The lowest BCUT2D eigenvalue weighted by atomic mass is 10.6. The van der Waals surface area contributed by atoms with Gasteiger partial charge in [0, 0.05) is 6.54 Å². The summed E-state index contributed by atoms with van der Waals surface area (Å²) >= 11 is 5.68. The molecule has 1 aliphatic rings. The van der Waals surface area contributed by atoms with Crippen LogP contribution >= 0.6 is 18.9 Å². The Bertz CT molecular complexity index is 96.2. The van der Waals surface area contributed by atoms with Crippen LogP contribution in [0.2, 0.25) is 0 Å². The zero-order valence-corrected chi connectivity index (χ0v) is 6.19. The van der Waals surface area contributed by atoms with Gasteiger partial charge in [-0.05, 0) is 24.4 Å². The van der Waals surface area contributed by atoms with E-state index in [1.165, 1.54) is 0 Å². The number of rotatable bonds is 0. The first-order valence-electron chi connectivity index (χ1n) is 2.29. The molecule has 1 unspecified atom stereocenters. The van der Waals surface area contributed by atoms with E-state index in [0.29, 0.717) is 0 Å². The Labute approximate surface area is 54.8 Å². The van der Waals surface area contributed by atoms with Crippen LogP contribution < -0.4 is 0 Å². The Morgan fingerprint density at radius 1 is 1.88 bits per heavy atom. The minimum Gasteiger partial charge on any atom is -0.453 e. The van der Waals surface area contributed by atoms with Gasteiger partial charge < -0.3 is 4.52 Å². The van der Waals surface area contributed by atoms with E-state index >= 15 is 0 Å².